The van der Waals surface area contributed by atoms with E-state index in [2.05, 4.69) is 15.8 Å². The van der Waals surface area contributed by atoms with Gasteiger partial charge in [-0.05, 0) is 44.7 Å². The predicted octanol–water partition coefficient (Wildman–Crippen LogP) is 3.93. The molecule has 2 N–H and O–H groups in total. The molecule has 0 unspecified atom stereocenters. The van der Waals surface area contributed by atoms with Crippen LogP contribution in [0, 0.1) is 13.8 Å². The molecule has 0 aliphatic heterocycles. The molecule has 0 atom stereocenters. The number of benzene rings is 1. The Morgan fingerprint density at radius 3 is 2.61 bits per heavy atom. The molecule has 2 amide bonds. The van der Waals surface area contributed by atoms with E-state index in [4.69, 9.17) is 8.83 Å². The SMILES string of the molecule is Cc1occc1C(=O)N/N=C1\CCCc2oc(C(=O)NCCc3ccccc3)c(C)c21. The third kappa shape index (κ3) is 4.45. The van der Waals surface area contributed by atoms with Gasteiger partial charge in [-0.1, -0.05) is 30.3 Å². The number of rotatable bonds is 6. The van der Waals surface area contributed by atoms with E-state index in [1.165, 1.54) is 6.26 Å². The van der Waals surface area contributed by atoms with Crippen LogP contribution < -0.4 is 10.7 Å². The van der Waals surface area contributed by atoms with Crippen molar-refractivity contribution in [2.24, 2.45) is 5.10 Å². The van der Waals surface area contributed by atoms with Gasteiger partial charge in [0.05, 0.1) is 17.5 Å². The number of amides is 2. The second-order valence-corrected chi connectivity index (χ2v) is 7.59. The molecule has 0 bridgehead atoms. The Morgan fingerprint density at radius 2 is 1.87 bits per heavy atom. The van der Waals surface area contributed by atoms with E-state index in [-0.39, 0.29) is 11.8 Å². The molecule has 0 saturated heterocycles. The number of furan rings is 2. The average molecular weight is 419 g/mol. The van der Waals surface area contributed by atoms with Gasteiger partial charge < -0.3 is 14.2 Å². The third-order valence-electron chi connectivity index (χ3n) is 5.47. The molecule has 7 heteroatoms. The Hall–Kier alpha value is -3.61. The first-order valence-electron chi connectivity index (χ1n) is 10.4. The number of nitrogens with zero attached hydrogens (tertiary/aromatic N) is 1. The number of nitrogens with one attached hydrogen (secondary N) is 2. The lowest BCUT2D eigenvalue weighted by Crippen LogP contribution is -2.26. The lowest BCUT2D eigenvalue weighted by atomic mass is 9.93. The van der Waals surface area contributed by atoms with Crippen LogP contribution in [-0.4, -0.2) is 24.1 Å². The number of hydrazone groups is 1. The highest BCUT2D eigenvalue weighted by Gasteiger charge is 2.28. The molecular formula is C24H25N3O4. The van der Waals surface area contributed by atoms with E-state index >= 15 is 0 Å². The highest BCUT2D eigenvalue weighted by molar-refractivity contribution is 6.07. The summed E-state index contributed by atoms with van der Waals surface area (Å²) in [6, 6.07) is 11.6. The van der Waals surface area contributed by atoms with E-state index in [9.17, 15) is 9.59 Å². The Morgan fingerprint density at radius 1 is 1.06 bits per heavy atom. The lowest BCUT2D eigenvalue weighted by Gasteiger charge is -2.13. The summed E-state index contributed by atoms with van der Waals surface area (Å²) in [5.74, 6) is 1.02. The maximum absolute atomic E-state index is 12.7. The molecule has 160 valence electrons. The minimum Gasteiger partial charge on any atom is -0.469 e. The van der Waals surface area contributed by atoms with Gasteiger partial charge in [0.2, 0.25) is 0 Å². The predicted molar refractivity (Wildman–Crippen MR) is 116 cm³/mol. The highest BCUT2D eigenvalue weighted by Crippen LogP contribution is 2.29. The third-order valence-corrected chi connectivity index (χ3v) is 5.47. The molecule has 1 aliphatic rings. The molecule has 31 heavy (non-hydrogen) atoms. The second-order valence-electron chi connectivity index (χ2n) is 7.59. The van der Waals surface area contributed by atoms with Crippen molar-refractivity contribution < 1.29 is 18.4 Å². The zero-order chi connectivity index (χ0) is 21.8. The molecule has 0 radical (unpaired) electrons. The molecule has 0 fully saturated rings. The first-order chi connectivity index (χ1) is 15.0. The number of aryl methyl sites for hydroxylation is 2. The summed E-state index contributed by atoms with van der Waals surface area (Å²) in [5.41, 5.74) is 6.51. The largest absolute Gasteiger partial charge is 0.469 e. The Bertz CT molecular complexity index is 1130. The van der Waals surface area contributed by atoms with Crippen LogP contribution in [0.4, 0.5) is 0 Å². The fourth-order valence-corrected chi connectivity index (χ4v) is 3.84. The summed E-state index contributed by atoms with van der Waals surface area (Å²) in [6.07, 6.45) is 4.50. The summed E-state index contributed by atoms with van der Waals surface area (Å²) in [5, 5.41) is 7.28. The fourth-order valence-electron chi connectivity index (χ4n) is 3.84. The lowest BCUT2D eigenvalue weighted by molar-refractivity contribution is 0.0922. The fraction of sp³-hybridized carbons (Fsp3) is 0.292. The number of carbonyl (C=O) groups excluding carboxylic acids is 2. The molecule has 0 saturated carbocycles. The van der Waals surface area contributed by atoms with Crippen molar-refractivity contribution in [2.45, 2.75) is 39.5 Å². The first-order valence-corrected chi connectivity index (χ1v) is 10.4. The van der Waals surface area contributed by atoms with Crippen molar-refractivity contribution in [1.82, 2.24) is 10.7 Å². The minimum atomic E-state index is -0.328. The first kappa shape index (κ1) is 20.7. The normalized spacial score (nSPS) is 14.3. The van der Waals surface area contributed by atoms with Crippen LogP contribution >= 0.6 is 0 Å². The maximum Gasteiger partial charge on any atom is 0.287 e. The quantitative estimate of drug-likeness (QED) is 0.592. The zero-order valence-electron chi connectivity index (χ0n) is 17.7. The summed E-state index contributed by atoms with van der Waals surface area (Å²) in [7, 11) is 0. The van der Waals surface area contributed by atoms with Crippen molar-refractivity contribution in [3.05, 3.63) is 82.2 Å². The van der Waals surface area contributed by atoms with Gasteiger partial charge in [0.1, 0.15) is 11.5 Å². The van der Waals surface area contributed by atoms with E-state index in [1.54, 1.807) is 13.0 Å². The van der Waals surface area contributed by atoms with Crippen LogP contribution in [0.5, 0.6) is 0 Å². The van der Waals surface area contributed by atoms with Gasteiger partial charge in [-0.25, -0.2) is 5.43 Å². The number of hydrogen-bond acceptors (Lipinski definition) is 5. The van der Waals surface area contributed by atoms with Gasteiger partial charge >= 0.3 is 0 Å². The second kappa shape index (κ2) is 9.04. The molecule has 2 aromatic heterocycles. The molecule has 1 aliphatic carbocycles. The van der Waals surface area contributed by atoms with E-state index in [0.717, 1.165) is 47.4 Å². The van der Waals surface area contributed by atoms with Gasteiger partial charge in [0, 0.05) is 24.1 Å². The van der Waals surface area contributed by atoms with E-state index in [1.807, 2.05) is 37.3 Å². The van der Waals surface area contributed by atoms with Crippen LogP contribution in [-0.2, 0) is 12.8 Å². The van der Waals surface area contributed by atoms with Crippen molar-refractivity contribution in [1.29, 1.82) is 0 Å². The molecule has 1 aromatic carbocycles. The minimum absolute atomic E-state index is 0.236. The van der Waals surface area contributed by atoms with Gasteiger partial charge in [-0.3, -0.25) is 9.59 Å². The standard InChI is InChI=1S/C24H25N3O4/c1-15-21-19(26-27-23(28)18-12-14-30-16(18)2)9-6-10-20(21)31-22(15)24(29)25-13-11-17-7-4-3-5-8-17/h3-5,7-8,12,14H,6,9-11,13H2,1-2H3,(H,25,29)(H,27,28)/b26-19+. The summed E-state index contributed by atoms with van der Waals surface area (Å²) in [6.45, 7) is 4.11. The Balaban J connectivity index is 1.47. The van der Waals surface area contributed by atoms with E-state index < -0.39 is 0 Å². The number of carbonyl (C=O) groups is 2. The average Bonchev–Trinajstić information content (AvgIpc) is 3.36. The Labute approximate surface area is 180 Å². The topological polar surface area (TPSA) is 96.8 Å². The highest BCUT2D eigenvalue weighted by atomic mass is 16.4. The summed E-state index contributed by atoms with van der Waals surface area (Å²) < 4.78 is 11.1. The van der Waals surface area contributed by atoms with Crippen molar-refractivity contribution in [2.75, 3.05) is 6.54 Å². The number of hydrogen-bond donors (Lipinski definition) is 2. The smallest absolute Gasteiger partial charge is 0.287 e. The van der Waals surface area contributed by atoms with Crippen molar-refractivity contribution in [3.63, 3.8) is 0 Å². The molecule has 3 aromatic rings. The van der Waals surface area contributed by atoms with Crippen molar-refractivity contribution >= 4 is 17.5 Å². The van der Waals surface area contributed by atoms with Gasteiger partial charge in [0.15, 0.2) is 5.76 Å². The van der Waals surface area contributed by atoms with Crippen LogP contribution in [0.2, 0.25) is 0 Å². The molecular weight excluding hydrogens is 394 g/mol. The van der Waals surface area contributed by atoms with Gasteiger partial charge in [-0.2, -0.15) is 5.10 Å². The van der Waals surface area contributed by atoms with Crippen LogP contribution in [0.25, 0.3) is 0 Å². The van der Waals surface area contributed by atoms with Gasteiger partial charge in [-0.15, -0.1) is 0 Å². The van der Waals surface area contributed by atoms with Crippen LogP contribution in [0.15, 0.2) is 56.6 Å². The Kier molecular flexibility index (Phi) is 6.02. The molecule has 2 heterocycles. The zero-order valence-corrected chi connectivity index (χ0v) is 17.7. The van der Waals surface area contributed by atoms with Crippen LogP contribution in [0.1, 0.15) is 62.0 Å². The maximum atomic E-state index is 12.7. The molecule has 0 spiro atoms. The van der Waals surface area contributed by atoms with Crippen molar-refractivity contribution in [3.8, 4) is 0 Å². The molecule has 4 rings (SSSR count). The number of fused-ring (bicyclic) bond motifs is 1. The summed E-state index contributed by atoms with van der Waals surface area (Å²) in [4.78, 5) is 25.1. The summed E-state index contributed by atoms with van der Waals surface area (Å²) >= 11 is 0. The van der Waals surface area contributed by atoms with E-state index in [0.29, 0.717) is 30.0 Å². The monoisotopic (exact) mass is 419 g/mol. The van der Waals surface area contributed by atoms with Gasteiger partial charge in [0.25, 0.3) is 11.8 Å². The molecule has 7 nitrogen and oxygen atoms in total. The van der Waals surface area contributed by atoms with Crippen LogP contribution in [0.3, 0.4) is 0 Å².